The fourth-order valence-corrected chi connectivity index (χ4v) is 6.14. The molecule has 3 fully saturated rings. The molecule has 4 aliphatic rings. The van der Waals surface area contributed by atoms with Gasteiger partial charge in [-0.05, 0) is 58.3 Å². The molecule has 2 heterocycles. The summed E-state index contributed by atoms with van der Waals surface area (Å²) in [5, 5.41) is 49.9. The fourth-order valence-electron chi connectivity index (χ4n) is 6.14. The van der Waals surface area contributed by atoms with E-state index in [2.05, 4.69) is 10.6 Å². The molecule has 15 heteroatoms. The van der Waals surface area contributed by atoms with E-state index in [0.29, 0.717) is 25.3 Å². The predicted octanol–water partition coefficient (Wildman–Crippen LogP) is -4.16. The van der Waals surface area contributed by atoms with Crippen LogP contribution in [0.3, 0.4) is 0 Å². The van der Waals surface area contributed by atoms with Crippen LogP contribution in [-0.4, -0.2) is 132 Å². The molecule has 15 nitrogen and oxygen atoms in total. The Morgan fingerprint density at radius 1 is 1.12 bits per heavy atom. The molecule has 2 aliphatic carbocycles. The van der Waals surface area contributed by atoms with Crippen LogP contribution < -0.4 is 33.6 Å². The van der Waals surface area contributed by atoms with Gasteiger partial charge in [-0.15, -0.1) is 0 Å². The van der Waals surface area contributed by atoms with Gasteiger partial charge < -0.3 is 72.9 Å². The maximum Gasteiger partial charge on any atom is 0.215 e. The van der Waals surface area contributed by atoms with Gasteiger partial charge in [-0.3, -0.25) is 4.79 Å². The maximum atomic E-state index is 13.0. The van der Waals surface area contributed by atoms with E-state index in [1.165, 1.54) is 6.92 Å². The number of hydrogen-bond acceptors (Lipinski definition) is 15. The molecular formula is C27H50N6O9. The first kappa shape index (κ1) is 33.6. The number of Topliss-reactive ketones (excluding diaryl/α,β-unsaturated/α-hetero) is 1. The van der Waals surface area contributed by atoms with Gasteiger partial charge in [0.25, 0.3) is 0 Å². The van der Waals surface area contributed by atoms with Crippen molar-refractivity contribution in [2.75, 3.05) is 33.3 Å². The minimum absolute atomic E-state index is 0.153. The second-order valence-electron chi connectivity index (χ2n) is 12.4. The predicted molar refractivity (Wildman–Crippen MR) is 150 cm³/mol. The van der Waals surface area contributed by atoms with Gasteiger partial charge in [0.2, 0.25) is 6.29 Å². The highest BCUT2D eigenvalue weighted by Crippen LogP contribution is 2.41. The zero-order valence-corrected chi connectivity index (χ0v) is 24.4. The molecule has 0 spiro atoms. The molecule has 0 aromatic heterocycles. The average molecular weight is 603 g/mol. The molecule has 13 atom stereocenters. The Morgan fingerprint density at radius 2 is 1.81 bits per heavy atom. The molecule has 0 radical (unpaired) electrons. The molecule has 1 saturated heterocycles. The number of aliphatic hydroxyl groups excluding tert-OH is 2. The van der Waals surface area contributed by atoms with Crippen molar-refractivity contribution in [2.45, 2.75) is 111 Å². The molecule has 4 rings (SSSR count). The lowest BCUT2D eigenvalue weighted by atomic mass is 9.76. The van der Waals surface area contributed by atoms with Crippen LogP contribution in [0.1, 0.15) is 39.0 Å². The third-order valence-electron chi connectivity index (χ3n) is 8.86. The number of ketones is 1. The Kier molecular flexibility index (Phi) is 11.0. The number of likely N-dealkylation sites (N-methyl/N-ethyl adjacent to an activating group) is 1. The van der Waals surface area contributed by atoms with E-state index in [9.17, 15) is 25.2 Å². The Bertz CT molecular complexity index is 959. The summed E-state index contributed by atoms with van der Waals surface area (Å²) in [5.41, 5.74) is 21.1. The van der Waals surface area contributed by atoms with E-state index < -0.39 is 84.1 Å². The van der Waals surface area contributed by atoms with Gasteiger partial charge in [-0.1, -0.05) is 0 Å². The number of rotatable bonds is 13. The van der Waals surface area contributed by atoms with E-state index >= 15 is 0 Å². The highest BCUT2D eigenvalue weighted by Gasteiger charge is 2.58. The van der Waals surface area contributed by atoms with Crippen molar-refractivity contribution in [3.8, 4) is 0 Å². The molecule has 0 bridgehead atoms. The van der Waals surface area contributed by atoms with E-state index in [1.54, 1.807) is 7.05 Å². The molecule has 242 valence electrons. The first-order valence-corrected chi connectivity index (χ1v) is 14.8. The van der Waals surface area contributed by atoms with E-state index in [-0.39, 0.29) is 25.9 Å². The van der Waals surface area contributed by atoms with Gasteiger partial charge >= 0.3 is 0 Å². The summed E-state index contributed by atoms with van der Waals surface area (Å²) in [4.78, 5) is 13.0. The number of carbonyl (C=O) groups excluding carboxylic acids is 1. The van der Waals surface area contributed by atoms with Gasteiger partial charge in [0.15, 0.2) is 12.1 Å². The van der Waals surface area contributed by atoms with E-state index in [0.717, 1.165) is 13.0 Å². The van der Waals surface area contributed by atoms with Crippen molar-refractivity contribution >= 4 is 5.78 Å². The van der Waals surface area contributed by atoms with Crippen LogP contribution in [0.15, 0.2) is 11.8 Å². The molecule has 0 aromatic rings. The largest absolute Gasteiger partial charge is 0.467 e. The van der Waals surface area contributed by atoms with Gasteiger partial charge in [0.1, 0.15) is 35.3 Å². The molecule has 0 aromatic carbocycles. The van der Waals surface area contributed by atoms with Gasteiger partial charge in [-0.25, -0.2) is 0 Å². The highest BCUT2D eigenvalue weighted by atomic mass is 16.7. The summed E-state index contributed by atoms with van der Waals surface area (Å²) in [6, 6.07) is -2.71. The zero-order chi connectivity index (χ0) is 30.8. The van der Waals surface area contributed by atoms with Crippen molar-refractivity contribution in [1.29, 1.82) is 0 Å². The molecule has 2 saturated carbocycles. The zero-order valence-electron chi connectivity index (χ0n) is 24.4. The molecule has 2 aliphatic heterocycles. The van der Waals surface area contributed by atoms with E-state index in [1.807, 2.05) is 6.08 Å². The third kappa shape index (κ3) is 7.31. The van der Waals surface area contributed by atoms with Crippen LogP contribution in [0.5, 0.6) is 0 Å². The van der Waals surface area contributed by atoms with E-state index in [4.69, 9.17) is 41.9 Å². The lowest BCUT2D eigenvalue weighted by Crippen LogP contribution is -2.67. The first-order chi connectivity index (χ1) is 19.8. The number of ether oxygens (including phenoxy) is 4. The third-order valence-corrected chi connectivity index (χ3v) is 8.86. The second-order valence-corrected chi connectivity index (χ2v) is 12.4. The first-order valence-electron chi connectivity index (χ1n) is 14.8. The van der Waals surface area contributed by atoms with Crippen LogP contribution >= 0.6 is 0 Å². The normalized spacial score (nSPS) is 45.7. The topological polar surface area (TPSA) is 263 Å². The quantitative estimate of drug-likeness (QED) is 0.0897. The number of nitrogens with two attached hydrogens (primary N) is 4. The minimum Gasteiger partial charge on any atom is -0.467 e. The second kappa shape index (κ2) is 13.8. The van der Waals surface area contributed by atoms with Gasteiger partial charge in [0, 0.05) is 24.9 Å². The standard InChI is InChI=1S/C27H50N6O9/c1-26(37)12-39-25(20(36)23(26)32-2)41-21-13(9-18(34)27(38)10-17(27)31)8-16(30)22(19(21)35)42-24-15(29)5-4-14(40-24)11-33-7-3-6-28/h4,13,15-17,19-25,32-33,35-38H,3,5-12,28-31H2,1-2H3/t13-,15+,16-,17?,19+,20+,21-,22?,23+,24+,25+,26-,27?/m0/s1. The maximum absolute atomic E-state index is 13.0. The molecule has 14 N–H and O–H groups in total. The van der Waals surface area contributed by atoms with Crippen molar-refractivity contribution in [1.82, 2.24) is 10.6 Å². The Balaban J connectivity index is 1.49. The smallest absolute Gasteiger partial charge is 0.215 e. The number of nitrogens with one attached hydrogen (secondary N) is 2. The van der Waals surface area contributed by atoms with Crippen molar-refractivity contribution in [3.63, 3.8) is 0 Å². The Hall–Kier alpha value is -1.31. The summed E-state index contributed by atoms with van der Waals surface area (Å²) in [7, 11) is 1.59. The summed E-state index contributed by atoms with van der Waals surface area (Å²) in [6.45, 7) is 3.12. The van der Waals surface area contributed by atoms with Crippen LogP contribution in [0, 0.1) is 5.92 Å². The highest BCUT2D eigenvalue weighted by molar-refractivity contribution is 5.91. The van der Waals surface area contributed by atoms with Gasteiger partial charge in [-0.2, -0.15) is 0 Å². The molecular weight excluding hydrogens is 552 g/mol. The van der Waals surface area contributed by atoms with Crippen molar-refractivity contribution in [3.05, 3.63) is 11.8 Å². The molecule has 3 unspecified atom stereocenters. The van der Waals surface area contributed by atoms with Crippen molar-refractivity contribution in [2.24, 2.45) is 28.9 Å². The number of carbonyl (C=O) groups is 1. The summed E-state index contributed by atoms with van der Waals surface area (Å²) >= 11 is 0. The van der Waals surface area contributed by atoms with Crippen LogP contribution in [0.4, 0.5) is 0 Å². The van der Waals surface area contributed by atoms with Crippen molar-refractivity contribution < 1.29 is 44.2 Å². The van der Waals surface area contributed by atoms with Crippen LogP contribution in [-0.2, 0) is 23.7 Å². The Labute approximate surface area is 246 Å². The lowest BCUT2D eigenvalue weighted by Gasteiger charge is -2.48. The van der Waals surface area contributed by atoms with Crippen LogP contribution in [0.25, 0.3) is 0 Å². The lowest BCUT2D eigenvalue weighted by molar-refractivity contribution is -0.308. The monoisotopic (exact) mass is 602 g/mol. The Morgan fingerprint density at radius 3 is 2.45 bits per heavy atom. The molecule has 42 heavy (non-hydrogen) atoms. The summed E-state index contributed by atoms with van der Waals surface area (Å²) < 4.78 is 24.0. The average Bonchev–Trinajstić information content (AvgIpc) is 3.56. The number of hydrogen-bond donors (Lipinski definition) is 10. The van der Waals surface area contributed by atoms with Crippen LogP contribution in [0.2, 0.25) is 0 Å². The SMILES string of the molecule is CN[C@@H]1[C@@H](O)[C@@H](O[C@H]2[C@H](CC(=O)C3(O)CC3N)C[C@H](N)C(O[C@H]3OC(CNCCCN)=CC[C@H]3N)[C@@H]2O)OC[C@]1(C)O. The molecule has 0 amide bonds. The fraction of sp³-hybridized carbons (Fsp3) is 0.889. The summed E-state index contributed by atoms with van der Waals surface area (Å²) in [6.07, 6.45) is -3.58. The number of aliphatic hydroxyl groups is 4. The van der Waals surface area contributed by atoms with Gasteiger partial charge in [0.05, 0.1) is 31.3 Å². The summed E-state index contributed by atoms with van der Waals surface area (Å²) in [5.74, 6) is -0.483. The minimum atomic E-state index is -1.62.